The van der Waals surface area contributed by atoms with E-state index in [1.54, 1.807) is 18.2 Å². The quantitative estimate of drug-likeness (QED) is 0.481. The Morgan fingerprint density at radius 2 is 1.93 bits per heavy atom. The number of hydrogen-bond donors (Lipinski definition) is 1. The zero-order chi connectivity index (χ0) is 22.0. The van der Waals surface area contributed by atoms with Crippen molar-refractivity contribution in [1.82, 2.24) is 4.90 Å². The first-order chi connectivity index (χ1) is 14.2. The fourth-order valence-electron chi connectivity index (χ4n) is 2.55. The molecule has 0 bridgehead atoms. The van der Waals surface area contributed by atoms with E-state index in [4.69, 9.17) is 4.74 Å². The van der Waals surface area contributed by atoms with Gasteiger partial charge in [0, 0.05) is 10.0 Å². The molecular formula is C19H12BrF3N2O4S. The number of halogens is 4. The lowest BCUT2D eigenvalue weighted by atomic mass is 10.2. The lowest BCUT2D eigenvalue weighted by Gasteiger charge is -2.13. The van der Waals surface area contributed by atoms with Gasteiger partial charge in [0.25, 0.3) is 11.1 Å². The van der Waals surface area contributed by atoms with Crippen LogP contribution in [0.1, 0.15) is 5.56 Å². The van der Waals surface area contributed by atoms with Crippen LogP contribution in [0.3, 0.4) is 0 Å². The molecule has 0 atom stereocenters. The first-order valence-corrected chi connectivity index (χ1v) is 9.84. The van der Waals surface area contributed by atoms with Crippen molar-refractivity contribution in [3.8, 4) is 5.75 Å². The largest absolute Gasteiger partial charge is 0.496 e. The Balaban J connectivity index is 1.76. The molecule has 1 aliphatic rings. The highest BCUT2D eigenvalue weighted by Gasteiger charge is 2.36. The zero-order valence-electron chi connectivity index (χ0n) is 15.2. The van der Waals surface area contributed by atoms with Crippen molar-refractivity contribution in [1.29, 1.82) is 0 Å². The second-order valence-corrected chi connectivity index (χ2v) is 7.83. The van der Waals surface area contributed by atoms with E-state index < -0.39 is 46.7 Å². The number of nitrogens with zero attached hydrogens (tertiary/aromatic N) is 1. The summed E-state index contributed by atoms with van der Waals surface area (Å²) in [4.78, 5) is 37.6. The van der Waals surface area contributed by atoms with E-state index in [-0.39, 0.29) is 4.91 Å². The summed E-state index contributed by atoms with van der Waals surface area (Å²) in [5, 5.41) is 1.31. The first kappa shape index (κ1) is 21.9. The SMILES string of the molecule is COc1ccc(Br)cc1/C=C1/SC(=O)N(CC(=O)Nc2ccc(F)c(F)c2F)C1=O. The Morgan fingerprint density at radius 1 is 1.20 bits per heavy atom. The van der Waals surface area contributed by atoms with Crippen LogP contribution in [0.15, 0.2) is 39.7 Å². The normalized spacial score (nSPS) is 15.1. The maximum absolute atomic E-state index is 13.7. The van der Waals surface area contributed by atoms with Crippen molar-refractivity contribution >= 4 is 56.5 Å². The van der Waals surface area contributed by atoms with Gasteiger partial charge in [0.2, 0.25) is 5.91 Å². The molecular weight excluding hydrogens is 489 g/mol. The molecule has 11 heteroatoms. The third-order valence-corrected chi connectivity index (χ3v) is 5.36. The van der Waals surface area contributed by atoms with Crippen LogP contribution in [0.5, 0.6) is 5.75 Å². The predicted molar refractivity (Wildman–Crippen MR) is 108 cm³/mol. The number of rotatable bonds is 5. The molecule has 3 rings (SSSR count). The lowest BCUT2D eigenvalue weighted by Crippen LogP contribution is -2.36. The average Bonchev–Trinajstić information content (AvgIpc) is 2.96. The van der Waals surface area contributed by atoms with Gasteiger partial charge < -0.3 is 10.1 Å². The maximum Gasteiger partial charge on any atom is 0.294 e. The Kier molecular flexibility index (Phi) is 6.52. The molecule has 1 saturated heterocycles. The molecule has 0 aliphatic carbocycles. The van der Waals surface area contributed by atoms with Crippen LogP contribution < -0.4 is 10.1 Å². The number of imide groups is 1. The molecule has 0 unspecified atom stereocenters. The van der Waals surface area contributed by atoms with Crippen molar-refractivity contribution in [3.63, 3.8) is 0 Å². The number of nitrogens with one attached hydrogen (secondary N) is 1. The Hall–Kier alpha value is -2.79. The summed E-state index contributed by atoms with van der Waals surface area (Å²) in [6, 6.07) is 6.57. The topological polar surface area (TPSA) is 75.7 Å². The minimum Gasteiger partial charge on any atom is -0.496 e. The monoisotopic (exact) mass is 500 g/mol. The van der Waals surface area contributed by atoms with Crippen LogP contribution in [0, 0.1) is 17.5 Å². The molecule has 0 saturated carbocycles. The van der Waals surface area contributed by atoms with Crippen molar-refractivity contribution in [2.45, 2.75) is 0 Å². The molecule has 0 radical (unpaired) electrons. The predicted octanol–water partition coefficient (Wildman–Crippen LogP) is 4.55. The number of carbonyl (C=O) groups excluding carboxylic acids is 3. The van der Waals surface area contributed by atoms with Gasteiger partial charge in [0.1, 0.15) is 12.3 Å². The fourth-order valence-corrected chi connectivity index (χ4v) is 3.76. The van der Waals surface area contributed by atoms with E-state index in [1.807, 2.05) is 5.32 Å². The molecule has 0 spiro atoms. The maximum atomic E-state index is 13.7. The minimum absolute atomic E-state index is 0.0585. The minimum atomic E-state index is -1.75. The van der Waals surface area contributed by atoms with Crippen molar-refractivity contribution < 1.29 is 32.3 Å². The Labute approximate surface area is 181 Å². The molecule has 1 heterocycles. The molecule has 0 aromatic heterocycles. The van der Waals surface area contributed by atoms with Crippen LogP contribution in [0.2, 0.25) is 0 Å². The molecule has 1 fully saturated rings. The summed E-state index contributed by atoms with van der Waals surface area (Å²) in [5.41, 5.74) is -0.0778. The van der Waals surface area contributed by atoms with Gasteiger partial charge in [-0.1, -0.05) is 15.9 Å². The smallest absolute Gasteiger partial charge is 0.294 e. The van der Waals surface area contributed by atoms with Crippen molar-refractivity contribution in [2.75, 3.05) is 19.0 Å². The van der Waals surface area contributed by atoms with Gasteiger partial charge >= 0.3 is 0 Å². The molecule has 2 aromatic carbocycles. The van der Waals surface area contributed by atoms with E-state index in [1.165, 1.54) is 13.2 Å². The number of ether oxygens (including phenoxy) is 1. The van der Waals surface area contributed by atoms with Crippen LogP contribution in [0.25, 0.3) is 6.08 Å². The van der Waals surface area contributed by atoms with Gasteiger partial charge in [0.05, 0.1) is 17.7 Å². The number of methoxy groups -OCH3 is 1. The van der Waals surface area contributed by atoms with Gasteiger partial charge in [-0.3, -0.25) is 19.3 Å². The number of benzene rings is 2. The molecule has 30 heavy (non-hydrogen) atoms. The van der Waals surface area contributed by atoms with Gasteiger partial charge in [-0.2, -0.15) is 0 Å². The number of thioether (sulfide) groups is 1. The summed E-state index contributed by atoms with van der Waals surface area (Å²) < 4.78 is 45.9. The summed E-state index contributed by atoms with van der Waals surface area (Å²) in [5.74, 6) is -5.96. The summed E-state index contributed by atoms with van der Waals surface area (Å²) in [7, 11) is 1.45. The molecule has 2 aromatic rings. The highest BCUT2D eigenvalue weighted by molar-refractivity contribution is 9.10. The van der Waals surface area contributed by atoms with Crippen LogP contribution in [-0.4, -0.2) is 35.6 Å². The average molecular weight is 501 g/mol. The zero-order valence-corrected chi connectivity index (χ0v) is 17.6. The van der Waals surface area contributed by atoms with Crippen LogP contribution in [-0.2, 0) is 9.59 Å². The summed E-state index contributed by atoms with van der Waals surface area (Å²) >= 11 is 3.93. The van der Waals surface area contributed by atoms with Crippen LogP contribution >= 0.6 is 27.7 Å². The summed E-state index contributed by atoms with van der Waals surface area (Å²) in [6.07, 6.45) is 1.45. The number of carbonyl (C=O) groups is 3. The molecule has 156 valence electrons. The Bertz CT molecular complexity index is 1090. The van der Waals surface area contributed by atoms with Crippen molar-refractivity contribution in [2.24, 2.45) is 0 Å². The van der Waals surface area contributed by atoms with Gasteiger partial charge in [-0.05, 0) is 48.2 Å². The first-order valence-electron chi connectivity index (χ1n) is 8.23. The second kappa shape index (κ2) is 8.92. The third kappa shape index (κ3) is 4.51. The van der Waals surface area contributed by atoms with E-state index in [0.717, 1.165) is 10.5 Å². The van der Waals surface area contributed by atoms with Gasteiger partial charge in [0.15, 0.2) is 17.5 Å². The van der Waals surface area contributed by atoms with Crippen LogP contribution in [0.4, 0.5) is 23.7 Å². The second-order valence-electron chi connectivity index (χ2n) is 5.93. The van der Waals surface area contributed by atoms with E-state index >= 15 is 0 Å². The van der Waals surface area contributed by atoms with Gasteiger partial charge in [-0.15, -0.1) is 0 Å². The van der Waals surface area contributed by atoms with E-state index in [9.17, 15) is 27.6 Å². The highest BCUT2D eigenvalue weighted by atomic mass is 79.9. The standard InChI is InChI=1S/C19H12BrF3N2O4S/c1-29-13-5-2-10(20)6-9(13)7-14-18(27)25(19(28)30-14)8-15(26)24-12-4-3-11(21)16(22)17(12)23/h2-7H,8H2,1H3,(H,24,26)/b14-7+. The van der Waals surface area contributed by atoms with Crippen molar-refractivity contribution in [3.05, 3.63) is 62.7 Å². The highest BCUT2D eigenvalue weighted by Crippen LogP contribution is 2.34. The van der Waals surface area contributed by atoms with E-state index in [2.05, 4.69) is 15.9 Å². The number of amides is 3. The Morgan fingerprint density at radius 3 is 2.63 bits per heavy atom. The molecule has 3 amide bonds. The lowest BCUT2D eigenvalue weighted by molar-refractivity contribution is -0.127. The molecule has 1 N–H and O–H groups in total. The fraction of sp³-hybridized carbons (Fsp3) is 0.105. The number of anilines is 1. The number of hydrogen-bond acceptors (Lipinski definition) is 5. The molecule has 1 aliphatic heterocycles. The van der Waals surface area contributed by atoms with E-state index in [0.29, 0.717) is 34.0 Å². The van der Waals surface area contributed by atoms with Gasteiger partial charge in [-0.25, -0.2) is 13.2 Å². The third-order valence-electron chi connectivity index (χ3n) is 3.96. The summed E-state index contributed by atoms with van der Waals surface area (Å²) in [6.45, 7) is -0.726. The molecule has 6 nitrogen and oxygen atoms in total.